The molecule has 0 radical (unpaired) electrons. The summed E-state index contributed by atoms with van der Waals surface area (Å²) in [5.41, 5.74) is 0. The van der Waals surface area contributed by atoms with E-state index in [1.807, 2.05) is 0 Å². The summed E-state index contributed by atoms with van der Waals surface area (Å²) >= 11 is 0. The van der Waals surface area contributed by atoms with Crippen molar-refractivity contribution < 1.29 is 35.4 Å². The zero-order chi connectivity index (χ0) is 10.9. The van der Waals surface area contributed by atoms with E-state index in [4.69, 9.17) is 20.4 Å². The van der Waals surface area contributed by atoms with Crippen molar-refractivity contribution in [3.63, 3.8) is 0 Å². The van der Waals surface area contributed by atoms with Gasteiger partial charge in [0.2, 0.25) is 0 Å². The molecule has 1 aliphatic rings. The largest absolute Gasteiger partial charge is 0.394 e. The lowest BCUT2D eigenvalue weighted by Crippen LogP contribution is -2.46. The van der Waals surface area contributed by atoms with E-state index in [9.17, 15) is 10.2 Å². The van der Waals surface area contributed by atoms with Crippen molar-refractivity contribution in [2.45, 2.75) is 36.8 Å². The highest BCUT2D eigenvalue weighted by Gasteiger charge is 2.46. The van der Waals surface area contributed by atoms with Gasteiger partial charge in [-0.05, 0) is 0 Å². The summed E-state index contributed by atoms with van der Waals surface area (Å²) in [6, 6.07) is 0. The Morgan fingerprint density at radius 1 is 1.07 bits per heavy atom. The quantitative estimate of drug-likeness (QED) is 0.281. The van der Waals surface area contributed by atoms with Crippen LogP contribution in [0.4, 0.5) is 0 Å². The lowest BCUT2D eigenvalue weighted by atomic mass is 10.0. The Kier molecular flexibility index (Phi) is 3.78. The van der Waals surface area contributed by atoms with Gasteiger partial charge in [-0.15, -0.1) is 0 Å². The number of aliphatic hydroxyl groups excluding tert-OH is 6. The van der Waals surface area contributed by atoms with E-state index in [0.29, 0.717) is 0 Å². The topological polar surface area (TPSA) is 131 Å². The first-order valence-corrected chi connectivity index (χ1v) is 4.15. The molecular formula is C7H14O7. The standard InChI is InChI=1S/C7H14O7/c8-1-2(9)3(10)6-4(11)5(12)7(13)14-6/h2-13H,1H2/t2-,3-,4+,5-,6-,7?/m1/s1. The summed E-state index contributed by atoms with van der Waals surface area (Å²) in [5, 5.41) is 54.1. The van der Waals surface area contributed by atoms with Crippen molar-refractivity contribution in [1.82, 2.24) is 0 Å². The van der Waals surface area contributed by atoms with Crippen molar-refractivity contribution in [2.75, 3.05) is 6.61 Å². The highest BCUT2D eigenvalue weighted by atomic mass is 16.6. The third-order valence-corrected chi connectivity index (χ3v) is 2.19. The van der Waals surface area contributed by atoms with Crippen LogP contribution in [-0.2, 0) is 4.74 Å². The maximum Gasteiger partial charge on any atom is 0.184 e. The smallest absolute Gasteiger partial charge is 0.184 e. The highest BCUT2D eigenvalue weighted by molar-refractivity contribution is 4.92. The zero-order valence-electron chi connectivity index (χ0n) is 7.26. The first-order valence-electron chi connectivity index (χ1n) is 4.15. The molecule has 1 saturated heterocycles. The Morgan fingerprint density at radius 2 is 1.64 bits per heavy atom. The second-order valence-electron chi connectivity index (χ2n) is 3.21. The number of ether oxygens (including phenoxy) is 1. The molecule has 14 heavy (non-hydrogen) atoms. The van der Waals surface area contributed by atoms with Crippen LogP contribution in [0.5, 0.6) is 0 Å². The normalized spacial score (nSPS) is 42.4. The number of rotatable bonds is 3. The third kappa shape index (κ3) is 2.04. The van der Waals surface area contributed by atoms with Gasteiger partial charge in [-0.2, -0.15) is 0 Å². The number of hydrogen-bond acceptors (Lipinski definition) is 7. The van der Waals surface area contributed by atoms with E-state index < -0.39 is 43.4 Å². The first-order chi connectivity index (χ1) is 6.49. The van der Waals surface area contributed by atoms with E-state index in [2.05, 4.69) is 4.74 Å². The molecule has 0 aromatic rings. The summed E-state index contributed by atoms with van der Waals surface area (Å²) in [6.07, 6.45) is -9.01. The Hall–Kier alpha value is -0.280. The number of aliphatic hydroxyl groups is 6. The van der Waals surface area contributed by atoms with E-state index in [1.54, 1.807) is 0 Å². The van der Waals surface area contributed by atoms with Crippen molar-refractivity contribution in [2.24, 2.45) is 0 Å². The molecular weight excluding hydrogens is 196 g/mol. The van der Waals surface area contributed by atoms with Gasteiger partial charge in [-0.3, -0.25) is 0 Å². The van der Waals surface area contributed by atoms with Crippen molar-refractivity contribution >= 4 is 0 Å². The van der Waals surface area contributed by atoms with E-state index >= 15 is 0 Å². The predicted molar refractivity (Wildman–Crippen MR) is 42.0 cm³/mol. The molecule has 0 bridgehead atoms. The molecule has 1 heterocycles. The van der Waals surface area contributed by atoms with E-state index in [0.717, 1.165) is 0 Å². The molecule has 6 atom stereocenters. The second kappa shape index (κ2) is 4.49. The van der Waals surface area contributed by atoms with E-state index in [1.165, 1.54) is 0 Å². The molecule has 0 aliphatic carbocycles. The molecule has 6 N–H and O–H groups in total. The average molecular weight is 210 g/mol. The van der Waals surface area contributed by atoms with Gasteiger partial charge >= 0.3 is 0 Å². The molecule has 0 spiro atoms. The summed E-state index contributed by atoms with van der Waals surface area (Å²) < 4.78 is 4.61. The van der Waals surface area contributed by atoms with Crippen LogP contribution in [-0.4, -0.2) is 74.1 Å². The van der Waals surface area contributed by atoms with Crippen LogP contribution in [0, 0.1) is 0 Å². The fourth-order valence-corrected chi connectivity index (χ4v) is 1.29. The Bertz CT molecular complexity index is 187. The summed E-state index contributed by atoms with van der Waals surface area (Å²) in [6.45, 7) is -0.708. The van der Waals surface area contributed by atoms with Crippen LogP contribution in [0.15, 0.2) is 0 Å². The van der Waals surface area contributed by atoms with Gasteiger partial charge < -0.3 is 35.4 Å². The molecule has 1 fully saturated rings. The van der Waals surface area contributed by atoms with Gasteiger partial charge in [0.25, 0.3) is 0 Å². The minimum atomic E-state index is -1.60. The van der Waals surface area contributed by atoms with Gasteiger partial charge in [0.15, 0.2) is 6.29 Å². The van der Waals surface area contributed by atoms with E-state index in [-0.39, 0.29) is 0 Å². The molecule has 1 rings (SSSR count). The minimum absolute atomic E-state index is 0.708. The molecule has 0 aromatic heterocycles. The first kappa shape index (κ1) is 11.8. The molecule has 7 heteroatoms. The summed E-state index contributed by atoms with van der Waals surface area (Å²) in [5.74, 6) is 0. The van der Waals surface area contributed by atoms with Gasteiger partial charge in [-0.1, -0.05) is 0 Å². The molecule has 0 saturated carbocycles. The van der Waals surface area contributed by atoms with Crippen molar-refractivity contribution in [3.05, 3.63) is 0 Å². The Labute approximate surface area is 79.8 Å². The molecule has 1 unspecified atom stereocenters. The lowest BCUT2D eigenvalue weighted by Gasteiger charge is -2.23. The third-order valence-electron chi connectivity index (χ3n) is 2.19. The highest BCUT2D eigenvalue weighted by Crippen LogP contribution is 2.23. The fraction of sp³-hybridized carbons (Fsp3) is 1.00. The fourth-order valence-electron chi connectivity index (χ4n) is 1.29. The van der Waals surface area contributed by atoms with Crippen LogP contribution in [0.3, 0.4) is 0 Å². The van der Waals surface area contributed by atoms with Crippen LogP contribution in [0.1, 0.15) is 0 Å². The molecule has 84 valence electrons. The average Bonchev–Trinajstić information content (AvgIpc) is 2.43. The molecule has 7 nitrogen and oxygen atoms in total. The predicted octanol–water partition coefficient (Wildman–Crippen LogP) is -3.86. The Morgan fingerprint density at radius 3 is 2.00 bits per heavy atom. The number of hydrogen-bond donors (Lipinski definition) is 6. The van der Waals surface area contributed by atoms with Gasteiger partial charge in [-0.25, -0.2) is 0 Å². The Balaban J connectivity index is 2.61. The van der Waals surface area contributed by atoms with Crippen molar-refractivity contribution in [1.29, 1.82) is 0 Å². The molecule has 1 aliphatic heterocycles. The van der Waals surface area contributed by atoms with Crippen LogP contribution in [0.25, 0.3) is 0 Å². The van der Waals surface area contributed by atoms with Crippen LogP contribution < -0.4 is 0 Å². The zero-order valence-corrected chi connectivity index (χ0v) is 7.26. The monoisotopic (exact) mass is 210 g/mol. The van der Waals surface area contributed by atoms with Gasteiger partial charge in [0.1, 0.15) is 30.5 Å². The van der Waals surface area contributed by atoms with Gasteiger partial charge in [0, 0.05) is 0 Å². The molecule has 0 amide bonds. The second-order valence-corrected chi connectivity index (χ2v) is 3.21. The van der Waals surface area contributed by atoms with Gasteiger partial charge in [0.05, 0.1) is 6.61 Å². The maximum atomic E-state index is 9.31. The summed E-state index contributed by atoms with van der Waals surface area (Å²) in [7, 11) is 0. The van der Waals surface area contributed by atoms with Crippen LogP contribution in [0.2, 0.25) is 0 Å². The van der Waals surface area contributed by atoms with Crippen molar-refractivity contribution in [3.8, 4) is 0 Å². The SMILES string of the molecule is OC[C@@H](O)[C@@H](O)[C@H]1OC(O)[C@H](O)[C@@H]1O. The van der Waals surface area contributed by atoms with Crippen LogP contribution >= 0.6 is 0 Å². The minimum Gasteiger partial charge on any atom is -0.394 e. The maximum absolute atomic E-state index is 9.31. The summed E-state index contributed by atoms with van der Waals surface area (Å²) in [4.78, 5) is 0. The lowest BCUT2D eigenvalue weighted by molar-refractivity contribution is -0.164. The molecule has 0 aromatic carbocycles.